The molecule has 186 valence electrons. The molecule has 0 aliphatic carbocycles. The van der Waals surface area contributed by atoms with E-state index in [1.54, 1.807) is 33.1 Å². The minimum Gasteiger partial charge on any atom is -0.496 e. The first-order valence-electron chi connectivity index (χ1n) is 11.6. The molecule has 0 saturated carbocycles. The van der Waals surface area contributed by atoms with Gasteiger partial charge in [0.25, 0.3) is 0 Å². The molecule has 1 unspecified atom stereocenters. The van der Waals surface area contributed by atoms with Crippen LogP contribution in [0, 0.1) is 5.41 Å². The Bertz CT molecular complexity index is 1130. The van der Waals surface area contributed by atoms with E-state index in [-0.39, 0.29) is 10.6 Å². The molecule has 0 fully saturated rings. The van der Waals surface area contributed by atoms with Crippen molar-refractivity contribution in [1.29, 1.82) is 0 Å². The second-order valence-corrected chi connectivity index (χ2v) is 13.4. The number of unbranched alkanes of at least 4 members (excludes halogenated alkanes) is 1. The van der Waals surface area contributed by atoms with Crippen LogP contribution >= 0.6 is 11.8 Å². The van der Waals surface area contributed by atoms with Crippen LogP contribution in [0.5, 0.6) is 5.75 Å². The van der Waals surface area contributed by atoms with Crippen molar-refractivity contribution < 1.29 is 23.1 Å². The Morgan fingerprint density at radius 3 is 2.50 bits per heavy atom. The van der Waals surface area contributed by atoms with E-state index in [9.17, 15) is 18.3 Å². The number of hydrogen-bond donors (Lipinski definition) is 1. The normalized spacial score (nSPS) is 19.9. The second-order valence-electron chi connectivity index (χ2n) is 9.83. The first-order chi connectivity index (χ1) is 15.9. The van der Waals surface area contributed by atoms with Crippen molar-refractivity contribution in [2.75, 3.05) is 24.3 Å². The quantitative estimate of drug-likeness (QED) is 0.453. The molecule has 0 bridgehead atoms. The van der Waals surface area contributed by atoms with Crippen LogP contribution in [-0.2, 0) is 20.4 Å². The maximum atomic E-state index is 13.7. The Morgan fingerprint density at radius 2 is 1.91 bits per heavy atom. The van der Waals surface area contributed by atoms with Crippen molar-refractivity contribution in [2.24, 2.45) is 5.41 Å². The predicted octanol–water partition coefficient (Wildman–Crippen LogP) is 5.91. The highest BCUT2D eigenvalue weighted by atomic mass is 32.2. The molecule has 2 aromatic carbocycles. The summed E-state index contributed by atoms with van der Waals surface area (Å²) >= 11 is 1.25. The minimum atomic E-state index is -3.60. The number of sulfone groups is 1. The molecule has 0 aromatic heterocycles. The molecule has 3 rings (SSSR count). The molecule has 8 heteroatoms. The van der Waals surface area contributed by atoms with Crippen LogP contribution in [-0.4, -0.2) is 43.6 Å². The summed E-state index contributed by atoms with van der Waals surface area (Å²) in [5, 5.41) is 9.49. The van der Waals surface area contributed by atoms with Crippen molar-refractivity contribution in [3.63, 3.8) is 0 Å². The first kappa shape index (κ1) is 26.4. The molecule has 2 aromatic rings. The number of rotatable bonds is 9. The van der Waals surface area contributed by atoms with Crippen molar-refractivity contribution in [1.82, 2.24) is 0 Å². The number of aliphatic carboxylic acids is 1. The Hall–Kier alpha value is -2.19. The molecular weight excluding hydrogens is 470 g/mol. The van der Waals surface area contributed by atoms with E-state index >= 15 is 0 Å². The summed E-state index contributed by atoms with van der Waals surface area (Å²) in [5.41, 5.74) is 1.79. The van der Waals surface area contributed by atoms with Gasteiger partial charge in [0.15, 0.2) is 9.84 Å². The third kappa shape index (κ3) is 5.71. The van der Waals surface area contributed by atoms with Gasteiger partial charge in [-0.3, -0.25) is 4.79 Å². The summed E-state index contributed by atoms with van der Waals surface area (Å²) in [6, 6.07) is 13.3. The lowest BCUT2D eigenvalue weighted by Gasteiger charge is -2.34. The fourth-order valence-electron chi connectivity index (χ4n) is 4.32. The molecule has 1 atom stereocenters. The molecule has 0 amide bonds. The molecule has 1 heterocycles. The van der Waals surface area contributed by atoms with Gasteiger partial charge in [0, 0.05) is 29.6 Å². The van der Waals surface area contributed by atoms with E-state index in [0.717, 1.165) is 24.9 Å². The highest BCUT2D eigenvalue weighted by molar-refractivity contribution is 8.00. The van der Waals surface area contributed by atoms with Crippen LogP contribution in [0.1, 0.15) is 52.5 Å². The SMILES string of the molecule is CCCCC1(C)CN(c2ccccc2)c2cc(OC)c(CSC(C)(C)C(=O)O)cc2S(=O)(=O)C1. The number of nitrogens with zero attached hydrogens (tertiary/aromatic N) is 1. The largest absolute Gasteiger partial charge is 0.496 e. The Balaban J connectivity index is 2.16. The van der Waals surface area contributed by atoms with Crippen molar-refractivity contribution >= 4 is 38.9 Å². The van der Waals surface area contributed by atoms with Crippen LogP contribution < -0.4 is 9.64 Å². The highest BCUT2D eigenvalue weighted by Gasteiger charge is 2.40. The van der Waals surface area contributed by atoms with Gasteiger partial charge in [-0.15, -0.1) is 11.8 Å². The number of anilines is 2. The van der Waals surface area contributed by atoms with Gasteiger partial charge in [0.2, 0.25) is 0 Å². The highest BCUT2D eigenvalue weighted by Crippen LogP contribution is 2.45. The van der Waals surface area contributed by atoms with Gasteiger partial charge in [-0.2, -0.15) is 0 Å². The van der Waals surface area contributed by atoms with Gasteiger partial charge in [-0.25, -0.2) is 8.42 Å². The fourth-order valence-corrected chi connectivity index (χ4v) is 7.30. The third-order valence-corrected chi connectivity index (χ3v) is 9.80. The summed E-state index contributed by atoms with van der Waals surface area (Å²) < 4.78 is 32.1. The van der Waals surface area contributed by atoms with Crippen molar-refractivity contribution in [2.45, 2.75) is 62.4 Å². The Kier molecular flexibility index (Phi) is 7.92. The number of para-hydroxylation sites is 1. The zero-order chi connectivity index (χ0) is 25.1. The topological polar surface area (TPSA) is 83.9 Å². The summed E-state index contributed by atoms with van der Waals surface area (Å²) in [7, 11) is -2.04. The second kappa shape index (κ2) is 10.2. The lowest BCUT2D eigenvalue weighted by molar-refractivity contribution is -0.138. The molecule has 1 aliphatic rings. The van der Waals surface area contributed by atoms with Crippen LogP contribution in [0.4, 0.5) is 11.4 Å². The number of carbonyl (C=O) groups is 1. The zero-order valence-corrected chi connectivity index (χ0v) is 22.3. The molecule has 34 heavy (non-hydrogen) atoms. The number of carboxylic acids is 1. The van der Waals surface area contributed by atoms with Crippen LogP contribution in [0.2, 0.25) is 0 Å². The average Bonchev–Trinajstić information content (AvgIpc) is 2.87. The number of hydrogen-bond acceptors (Lipinski definition) is 6. The fraction of sp³-hybridized carbons (Fsp3) is 0.500. The van der Waals surface area contributed by atoms with E-state index < -0.39 is 26.0 Å². The summed E-state index contributed by atoms with van der Waals surface area (Å²) in [6.45, 7) is 8.04. The number of methoxy groups -OCH3 is 1. The van der Waals surface area contributed by atoms with Crippen molar-refractivity contribution in [3.8, 4) is 5.75 Å². The molecule has 1 N–H and O–H groups in total. The predicted molar refractivity (Wildman–Crippen MR) is 139 cm³/mol. The zero-order valence-electron chi connectivity index (χ0n) is 20.6. The van der Waals surface area contributed by atoms with Crippen LogP contribution in [0.3, 0.4) is 0 Å². The summed E-state index contributed by atoms with van der Waals surface area (Å²) in [4.78, 5) is 14.0. The van der Waals surface area contributed by atoms with Gasteiger partial charge in [-0.05, 0) is 43.9 Å². The van der Waals surface area contributed by atoms with Gasteiger partial charge in [0.05, 0.1) is 23.4 Å². The number of carboxylic acid groups (broad SMARTS) is 1. The van der Waals surface area contributed by atoms with E-state index in [1.807, 2.05) is 30.3 Å². The van der Waals surface area contributed by atoms with Gasteiger partial charge in [0.1, 0.15) is 10.5 Å². The molecular formula is C26H35NO5S2. The Labute approximate surface area is 207 Å². The van der Waals surface area contributed by atoms with Gasteiger partial charge >= 0.3 is 5.97 Å². The van der Waals surface area contributed by atoms with Crippen LogP contribution in [0.25, 0.3) is 0 Å². The third-order valence-electron chi connectivity index (χ3n) is 6.37. The van der Waals surface area contributed by atoms with E-state index in [4.69, 9.17) is 4.74 Å². The Morgan fingerprint density at radius 1 is 1.24 bits per heavy atom. The molecule has 0 spiro atoms. The molecule has 0 radical (unpaired) electrons. The maximum Gasteiger partial charge on any atom is 0.319 e. The minimum absolute atomic E-state index is 0.0653. The lowest BCUT2D eigenvalue weighted by Crippen LogP contribution is -2.35. The van der Waals surface area contributed by atoms with E-state index in [1.165, 1.54) is 11.8 Å². The molecule has 1 aliphatic heterocycles. The maximum absolute atomic E-state index is 13.7. The monoisotopic (exact) mass is 505 g/mol. The van der Waals surface area contributed by atoms with E-state index in [2.05, 4.69) is 18.7 Å². The smallest absolute Gasteiger partial charge is 0.319 e. The summed E-state index contributed by atoms with van der Waals surface area (Å²) in [6.07, 6.45) is 2.77. The van der Waals surface area contributed by atoms with E-state index in [0.29, 0.717) is 29.3 Å². The number of ether oxygens (including phenoxy) is 1. The number of thioether (sulfide) groups is 1. The first-order valence-corrected chi connectivity index (χ1v) is 14.2. The molecule has 6 nitrogen and oxygen atoms in total. The average molecular weight is 506 g/mol. The lowest BCUT2D eigenvalue weighted by atomic mass is 9.86. The van der Waals surface area contributed by atoms with Crippen LogP contribution in [0.15, 0.2) is 47.4 Å². The van der Waals surface area contributed by atoms with Crippen molar-refractivity contribution in [3.05, 3.63) is 48.0 Å². The standard InChI is InChI=1S/C26H35NO5S2/c1-6-7-13-26(4)17-27(20-11-9-8-10-12-20)21-15-22(32-5)19(14-23(21)34(30,31)18-26)16-33-25(2,3)24(28)29/h8-12,14-15H,6-7,13,16-18H2,1-5H3,(H,28,29). The summed E-state index contributed by atoms with van der Waals surface area (Å²) in [5.74, 6) is 0.0288. The molecule has 0 saturated heterocycles. The number of fused-ring (bicyclic) bond motifs is 1. The number of benzene rings is 2. The van der Waals surface area contributed by atoms with Gasteiger partial charge < -0.3 is 14.7 Å². The van der Waals surface area contributed by atoms with Gasteiger partial charge in [-0.1, -0.05) is 44.9 Å².